The van der Waals surface area contributed by atoms with Gasteiger partial charge in [-0.05, 0) is 56.9 Å². The third-order valence-electron chi connectivity index (χ3n) is 4.61. The molecule has 0 saturated heterocycles. The first-order chi connectivity index (χ1) is 8.53. The van der Waals surface area contributed by atoms with Crippen LogP contribution in [0.25, 0.3) is 0 Å². The van der Waals surface area contributed by atoms with E-state index in [2.05, 4.69) is 26.1 Å². The molecule has 1 unspecified atom stereocenters. The van der Waals surface area contributed by atoms with Crippen LogP contribution in [0.3, 0.4) is 0 Å². The highest BCUT2D eigenvalue weighted by Crippen LogP contribution is 2.34. The van der Waals surface area contributed by atoms with Crippen molar-refractivity contribution in [2.24, 2.45) is 17.6 Å². The summed E-state index contributed by atoms with van der Waals surface area (Å²) in [4.78, 5) is 12.0. The summed E-state index contributed by atoms with van der Waals surface area (Å²) in [6.45, 7) is 7.34. The molecule has 0 heterocycles. The normalized spacial score (nSPS) is 19.4. The van der Waals surface area contributed by atoms with Crippen molar-refractivity contribution >= 4 is 5.91 Å². The molecule has 0 aromatic heterocycles. The first kappa shape index (κ1) is 15.5. The van der Waals surface area contributed by atoms with Gasteiger partial charge >= 0.3 is 0 Å². The van der Waals surface area contributed by atoms with E-state index in [-0.39, 0.29) is 11.4 Å². The summed E-state index contributed by atoms with van der Waals surface area (Å²) in [6, 6.07) is 0. The zero-order chi connectivity index (χ0) is 13.6. The molecule has 3 nitrogen and oxygen atoms in total. The van der Waals surface area contributed by atoms with Gasteiger partial charge in [0.2, 0.25) is 5.91 Å². The molecule has 18 heavy (non-hydrogen) atoms. The van der Waals surface area contributed by atoms with Crippen LogP contribution >= 0.6 is 0 Å². The summed E-state index contributed by atoms with van der Waals surface area (Å²) in [5.74, 6) is 1.43. The van der Waals surface area contributed by atoms with E-state index in [1.54, 1.807) is 0 Å². The van der Waals surface area contributed by atoms with Crippen molar-refractivity contribution in [2.45, 2.75) is 71.3 Å². The van der Waals surface area contributed by atoms with Crippen LogP contribution < -0.4 is 11.1 Å². The monoisotopic (exact) mass is 254 g/mol. The van der Waals surface area contributed by atoms with Crippen molar-refractivity contribution < 1.29 is 4.79 Å². The minimum Gasteiger partial charge on any atom is -0.351 e. The van der Waals surface area contributed by atoms with Gasteiger partial charge < -0.3 is 11.1 Å². The van der Waals surface area contributed by atoms with Gasteiger partial charge in [-0.1, -0.05) is 20.8 Å². The second kappa shape index (κ2) is 7.13. The molecule has 1 rings (SSSR count). The van der Waals surface area contributed by atoms with E-state index >= 15 is 0 Å². The Kier molecular flexibility index (Phi) is 6.13. The first-order valence-electron chi connectivity index (χ1n) is 7.54. The van der Waals surface area contributed by atoms with Crippen LogP contribution in [0.5, 0.6) is 0 Å². The molecule has 106 valence electrons. The molecule has 0 spiro atoms. The van der Waals surface area contributed by atoms with E-state index in [1.165, 1.54) is 6.42 Å². The number of rotatable bonds is 8. The molecular weight excluding hydrogens is 224 g/mol. The lowest BCUT2D eigenvalue weighted by atomic mass is 9.74. The Labute approximate surface area is 112 Å². The highest BCUT2D eigenvalue weighted by atomic mass is 16.1. The molecule has 1 aliphatic carbocycles. The van der Waals surface area contributed by atoms with Crippen molar-refractivity contribution in [3.05, 3.63) is 0 Å². The Morgan fingerprint density at radius 2 is 2.00 bits per heavy atom. The summed E-state index contributed by atoms with van der Waals surface area (Å²) in [5, 5.41) is 3.25. The van der Waals surface area contributed by atoms with Gasteiger partial charge in [-0.3, -0.25) is 4.79 Å². The molecule has 1 amide bonds. The Hall–Kier alpha value is -0.570. The number of carbonyl (C=O) groups excluding carboxylic acids is 1. The molecule has 1 saturated carbocycles. The van der Waals surface area contributed by atoms with Crippen LogP contribution in [0.1, 0.15) is 65.7 Å². The lowest BCUT2D eigenvalue weighted by Gasteiger charge is -2.42. The maximum absolute atomic E-state index is 12.0. The van der Waals surface area contributed by atoms with E-state index in [9.17, 15) is 4.79 Å². The van der Waals surface area contributed by atoms with Crippen LogP contribution in [-0.2, 0) is 4.79 Å². The number of hydrogen-bond donors (Lipinski definition) is 2. The Balaban J connectivity index is 2.31. The lowest BCUT2D eigenvalue weighted by molar-refractivity contribution is -0.124. The van der Waals surface area contributed by atoms with Crippen molar-refractivity contribution in [2.75, 3.05) is 6.54 Å². The van der Waals surface area contributed by atoms with Gasteiger partial charge in [-0.2, -0.15) is 0 Å². The fourth-order valence-corrected chi connectivity index (χ4v) is 2.87. The fourth-order valence-electron chi connectivity index (χ4n) is 2.87. The number of carbonyl (C=O) groups is 1. The maximum Gasteiger partial charge on any atom is 0.220 e. The average Bonchev–Trinajstić information content (AvgIpc) is 2.28. The predicted molar refractivity (Wildman–Crippen MR) is 76.2 cm³/mol. The topological polar surface area (TPSA) is 55.1 Å². The van der Waals surface area contributed by atoms with Gasteiger partial charge in [0.15, 0.2) is 0 Å². The van der Waals surface area contributed by atoms with E-state index in [1.807, 2.05) is 0 Å². The first-order valence-corrected chi connectivity index (χ1v) is 7.54. The molecule has 3 heteroatoms. The molecule has 1 atom stereocenters. The van der Waals surface area contributed by atoms with Gasteiger partial charge in [0.25, 0.3) is 0 Å². The average molecular weight is 254 g/mol. The van der Waals surface area contributed by atoms with Crippen molar-refractivity contribution in [3.8, 4) is 0 Å². The minimum atomic E-state index is 0.137. The van der Waals surface area contributed by atoms with Gasteiger partial charge in [0.05, 0.1) is 0 Å². The summed E-state index contributed by atoms with van der Waals surface area (Å²) in [6.07, 6.45) is 7.30. The summed E-state index contributed by atoms with van der Waals surface area (Å²) >= 11 is 0. The molecule has 0 radical (unpaired) electrons. The molecule has 3 N–H and O–H groups in total. The Morgan fingerprint density at radius 1 is 1.33 bits per heavy atom. The van der Waals surface area contributed by atoms with Crippen molar-refractivity contribution in [1.82, 2.24) is 5.32 Å². The molecule has 0 aliphatic heterocycles. The largest absolute Gasteiger partial charge is 0.351 e. The molecule has 0 bridgehead atoms. The van der Waals surface area contributed by atoms with Crippen LogP contribution in [-0.4, -0.2) is 18.0 Å². The quantitative estimate of drug-likeness (QED) is 0.700. The number of amides is 1. The summed E-state index contributed by atoms with van der Waals surface area (Å²) < 4.78 is 0. The van der Waals surface area contributed by atoms with Crippen LogP contribution in [0, 0.1) is 11.8 Å². The minimum absolute atomic E-state index is 0.137. The predicted octanol–water partition coefficient (Wildman–Crippen LogP) is 2.84. The number of hydrogen-bond acceptors (Lipinski definition) is 2. The third-order valence-corrected chi connectivity index (χ3v) is 4.61. The van der Waals surface area contributed by atoms with Gasteiger partial charge in [0.1, 0.15) is 0 Å². The summed E-state index contributed by atoms with van der Waals surface area (Å²) in [5.41, 5.74) is 5.76. The molecule has 0 aromatic carbocycles. The Morgan fingerprint density at radius 3 is 2.39 bits per heavy atom. The van der Waals surface area contributed by atoms with Gasteiger partial charge in [0, 0.05) is 12.0 Å². The highest BCUT2D eigenvalue weighted by molar-refractivity contribution is 5.76. The maximum atomic E-state index is 12.0. The molecular formula is C15H30N2O. The molecule has 1 aliphatic rings. The van der Waals surface area contributed by atoms with Gasteiger partial charge in [-0.15, -0.1) is 0 Å². The van der Waals surface area contributed by atoms with Crippen molar-refractivity contribution in [3.63, 3.8) is 0 Å². The SMILES string of the molecule is CCC1(NC(=O)CCC(CCN)C(C)C)CCC1. The molecule has 0 aromatic rings. The fraction of sp³-hybridized carbons (Fsp3) is 0.933. The third kappa shape index (κ3) is 4.27. The standard InChI is InChI=1S/C15H30N2O/c1-4-15(9-5-10-15)17-14(18)7-6-13(8-11-16)12(2)3/h12-13H,4-11,16H2,1-3H3,(H,17,18). The zero-order valence-corrected chi connectivity index (χ0v) is 12.3. The van der Waals surface area contributed by atoms with E-state index in [0.717, 1.165) is 38.6 Å². The number of nitrogens with two attached hydrogens (primary N) is 1. The second-order valence-electron chi connectivity index (χ2n) is 6.16. The zero-order valence-electron chi connectivity index (χ0n) is 12.3. The van der Waals surface area contributed by atoms with E-state index < -0.39 is 0 Å². The van der Waals surface area contributed by atoms with Crippen LogP contribution in [0.4, 0.5) is 0 Å². The Bertz CT molecular complexity index is 254. The smallest absolute Gasteiger partial charge is 0.220 e. The number of nitrogens with one attached hydrogen (secondary N) is 1. The highest BCUT2D eigenvalue weighted by Gasteiger charge is 2.36. The van der Waals surface area contributed by atoms with E-state index in [0.29, 0.717) is 18.3 Å². The lowest BCUT2D eigenvalue weighted by Crippen LogP contribution is -2.53. The van der Waals surface area contributed by atoms with Gasteiger partial charge in [-0.25, -0.2) is 0 Å². The summed E-state index contributed by atoms with van der Waals surface area (Å²) in [7, 11) is 0. The van der Waals surface area contributed by atoms with E-state index in [4.69, 9.17) is 5.73 Å². The molecule has 1 fully saturated rings. The van der Waals surface area contributed by atoms with Crippen LogP contribution in [0.2, 0.25) is 0 Å². The van der Waals surface area contributed by atoms with Crippen LogP contribution in [0.15, 0.2) is 0 Å². The van der Waals surface area contributed by atoms with Crippen molar-refractivity contribution in [1.29, 1.82) is 0 Å². The second-order valence-corrected chi connectivity index (χ2v) is 6.16.